The van der Waals surface area contributed by atoms with Crippen LogP contribution in [0.15, 0.2) is 6.20 Å². The molecule has 2 aromatic heterocycles. The lowest BCUT2D eigenvalue weighted by Crippen LogP contribution is -2.40. The van der Waals surface area contributed by atoms with Gasteiger partial charge in [0, 0.05) is 25.9 Å². The van der Waals surface area contributed by atoms with Gasteiger partial charge in [0.2, 0.25) is 5.28 Å². The minimum atomic E-state index is -4.86. The van der Waals surface area contributed by atoms with Crippen LogP contribution in [-0.2, 0) is 18.4 Å². The molecule has 196 valence electrons. The van der Waals surface area contributed by atoms with Crippen molar-refractivity contribution >= 4 is 38.3 Å². The first-order valence-corrected chi connectivity index (χ1v) is 14.2. The van der Waals surface area contributed by atoms with E-state index >= 15 is 0 Å². The summed E-state index contributed by atoms with van der Waals surface area (Å²) in [7, 11) is -9.58. The largest absolute Gasteiger partial charge is 0.387 e. The van der Waals surface area contributed by atoms with Gasteiger partial charge >= 0.3 is 15.2 Å². The second-order valence-corrected chi connectivity index (χ2v) is 12.6. The first-order chi connectivity index (χ1) is 16.2. The van der Waals surface area contributed by atoms with Crippen LogP contribution in [0.25, 0.3) is 5.65 Å². The van der Waals surface area contributed by atoms with Crippen molar-refractivity contribution in [1.82, 2.24) is 19.6 Å². The summed E-state index contributed by atoms with van der Waals surface area (Å²) in [4.78, 5) is 37.3. The van der Waals surface area contributed by atoms with Gasteiger partial charge < -0.3 is 39.1 Å². The number of imidazole rings is 1. The molecule has 4 rings (SSSR count). The monoisotopic (exact) mass is 563 g/mol. The van der Waals surface area contributed by atoms with Crippen LogP contribution in [0, 0.1) is 0 Å². The number of aromatic nitrogens is 4. The molecule has 0 aromatic carbocycles. The Morgan fingerprint density at radius 3 is 2.49 bits per heavy atom. The summed E-state index contributed by atoms with van der Waals surface area (Å²) in [5.74, 6) is -4.02. The zero-order valence-electron chi connectivity index (χ0n) is 17.8. The van der Waals surface area contributed by atoms with Crippen LogP contribution in [0.4, 0.5) is 14.6 Å². The van der Waals surface area contributed by atoms with Crippen LogP contribution in [-0.4, -0.2) is 94.3 Å². The summed E-state index contributed by atoms with van der Waals surface area (Å²) >= 11 is 6.04. The molecule has 0 aliphatic carbocycles. The van der Waals surface area contributed by atoms with Gasteiger partial charge in [0.25, 0.3) is 5.92 Å². The maximum Gasteiger partial charge on any atom is 0.340 e. The van der Waals surface area contributed by atoms with Gasteiger partial charge in [-0.05, 0) is 11.6 Å². The quantitative estimate of drug-likeness (QED) is 0.292. The molecule has 0 radical (unpaired) electrons. The lowest BCUT2D eigenvalue weighted by Gasteiger charge is -2.32. The summed E-state index contributed by atoms with van der Waals surface area (Å²) in [6.45, 7) is -0.772. The lowest BCUT2D eigenvalue weighted by atomic mass is 10.1. The number of aliphatic hydroxyl groups excluding tert-OH is 2. The molecule has 2 fully saturated rings. The molecule has 2 saturated heterocycles. The van der Waals surface area contributed by atoms with E-state index in [0.717, 1.165) is 0 Å². The standard InChI is InChI=1S/C16H22ClF2N5O9P2/c17-15-21-14(23-3-1-16(18,19)2-4-23)13-20-5-8(24(13)22-15)12-11(26)10(25)9(33-12)6-32-35(30,31)7-34(27,28)29/h5,9-12,25-26H,1-4,6-7H2,(H,30,31)(H2,27,28,29). The first-order valence-electron chi connectivity index (χ1n) is 10.2. The fourth-order valence-electron chi connectivity index (χ4n) is 3.90. The second kappa shape index (κ2) is 9.53. The summed E-state index contributed by atoms with van der Waals surface area (Å²) in [6.07, 6.45) is -5.31. The number of halogens is 3. The number of hydrogen-bond donors (Lipinski definition) is 5. The SMILES string of the molecule is O=P(O)(O)CP(=O)(O)OCC1OC(c2cnc3c(N4CCC(F)(F)CC4)nc(Cl)nn23)C(O)C1O. The van der Waals surface area contributed by atoms with Crippen LogP contribution in [0.5, 0.6) is 0 Å². The van der Waals surface area contributed by atoms with Crippen LogP contribution in [0.2, 0.25) is 5.28 Å². The Labute approximate surface area is 201 Å². The first kappa shape index (κ1) is 26.7. The van der Waals surface area contributed by atoms with Crippen LogP contribution in [0.1, 0.15) is 24.6 Å². The Kier molecular flexibility index (Phi) is 7.28. The molecular formula is C16H22ClF2N5O9P2. The highest BCUT2D eigenvalue weighted by molar-refractivity contribution is 7.70. The summed E-state index contributed by atoms with van der Waals surface area (Å²) in [5, 5.41) is 24.7. The van der Waals surface area contributed by atoms with E-state index in [1.807, 2.05) is 0 Å². The molecule has 0 spiro atoms. The number of alkyl halides is 2. The molecule has 0 saturated carbocycles. The van der Waals surface area contributed by atoms with Crippen molar-refractivity contribution in [2.45, 2.75) is 43.2 Å². The van der Waals surface area contributed by atoms with E-state index in [-0.39, 0.29) is 48.4 Å². The van der Waals surface area contributed by atoms with Gasteiger partial charge in [-0.2, -0.15) is 4.98 Å². The smallest absolute Gasteiger partial charge is 0.340 e. The van der Waals surface area contributed by atoms with Gasteiger partial charge in [0.1, 0.15) is 24.4 Å². The normalized spacial score (nSPS) is 29.0. The average Bonchev–Trinajstić information content (AvgIpc) is 3.25. The fourth-order valence-corrected chi connectivity index (χ4v) is 6.63. The van der Waals surface area contributed by atoms with Crippen molar-refractivity contribution in [2.24, 2.45) is 0 Å². The van der Waals surface area contributed by atoms with Gasteiger partial charge in [-0.25, -0.2) is 18.3 Å². The van der Waals surface area contributed by atoms with Crippen LogP contribution < -0.4 is 4.90 Å². The highest BCUT2D eigenvalue weighted by Gasteiger charge is 2.46. The van der Waals surface area contributed by atoms with Crippen molar-refractivity contribution in [2.75, 3.05) is 30.5 Å². The number of nitrogens with zero attached hydrogens (tertiary/aromatic N) is 5. The molecule has 14 nitrogen and oxygen atoms in total. The number of aliphatic hydroxyl groups is 2. The molecular weight excluding hydrogens is 542 g/mol. The number of ether oxygens (including phenoxy) is 1. The molecule has 2 aliphatic heterocycles. The zero-order chi connectivity index (χ0) is 25.8. The van der Waals surface area contributed by atoms with Crippen molar-refractivity contribution in [3.63, 3.8) is 0 Å². The number of fused-ring (bicyclic) bond motifs is 1. The number of rotatable bonds is 7. The predicted molar refractivity (Wildman–Crippen MR) is 115 cm³/mol. The third-order valence-electron chi connectivity index (χ3n) is 5.60. The van der Waals surface area contributed by atoms with E-state index in [1.165, 1.54) is 10.7 Å². The van der Waals surface area contributed by atoms with Crippen molar-refractivity contribution in [3.05, 3.63) is 17.2 Å². The molecule has 0 bridgehead atoms. The fraction of sp³-hybridized carbons (Fsp3) is 0.688. The zero-order valence-corrected chi connectivity index (χ0v) is 20.3. The molecule has 5 N–H and O–H groups in total. The van der Waals surface area contributed by atoms with E-state index in [1.54, 1.807) is 4.90 Å². The highest BCUT2D eigenvalue weighted by Crippen LogP contribution is 2.55. The Hall–Kier alpha value is -1.32. The van der Waals surface area contributed by atoms with Gasteiger partial charge in [-0.1, -0.05) is 0 Å². The highest BCUT2D eigenvalue weighted by atomic mass is 35.5. The van der Waals surface area contributed by atoms with E-state index in [9.17, 15) is 33.0 Å². The molecule has 2 aliphatic rings. The summed E-state index contributed by atoms with van der Waals surface area (Å²) in [5.41, 5.74) is 0.255. The predicted octanol–water partition coefficient (Wildman–Crippen LogP) is 0.512. The maximum atomic E-state index is 13.6. The van der Waals surface area contributed by atoms with E-state index < -0.39 is 58.0 Å². The Morgan fingerprint density at radius 1 is 1.20 bits per heavy atom. The topological polar surface area (TPSA) is 200 Å². The van der Waals surface area contributed by atoms with Gasteiger partial charge in [-0.15, -0.1) is 5.10 Å². The molecule has 35 heavy (non-hydrogen) atoms. The third-order valence-corrected chi connectivity index (χ3v) is 9.21. The molecule has 5 atom stereocenters. The third kappa shape index (κ3) is 5.99. The summed E-state index contributed by atoms with van der Waals surface area (Å²) < 4.78 is 61.5. The molecule has 2 aromatic rings. The number of hydrogen-bond acceptors (Lipinski definition) is 10. The maximum absolute atomic E-state index is 13.6. The Morgan fingerprint density at radius 2 is 1.86 bits per heavy atom. The molecule has 19 heteroatoms. The second-order valence-electron chi connectivity index (χ2n) is 8.28. The Balaban J connectivity index is 1.55. The van der Waals surface area contributed by atoms with Crippen molar-refractivity contribution < 1.29 is 52.1 Å². The number of anilines is 1. The molecule has 4 heterocycles. The Bertz CT molecular complexity index is 1190. The molecule has 5 unspecified atom stereocenters. The average molecular weight is 564 g/mol. The van der Waals surface area contributed by atoms with Crippen molar-refractivity contribution in [3.8, 4) is 0 Å². The van der Waals surface area contributed by atoms with E-state index in [4.69, 9.17) is 26.1 Å². The van der Waals surface area contributed by atoms with Gasteiger partial charge in [0.15, 0.2) is 17.4 Å². The summed E-state index contributed by atoms with van der Waals surface area (Å²) in [6, 6.07) is 0. The minimum Gasteiger partial charge on any atom is -0.387 e. The van der Waals surface area contributed by atoms with Crippen LogP contribution >= 0.6 is 26.8 Å². The van der Waals surface area contributed by atoms with E-state index in [0.29, 0.717) is 0 Å². The van der Waals surface area contributed by atoms with Gasteiger partial charge in [0.05, 0.1) is 18.5 Å². The van der Waals surface area contributed by atoms with Crippen LogP contribution in [0.3, 0.4) is 0 Å². The van der Waals surface area contributed by atoms with E-state index in [2.05, 4.69) is 19.6 Å². The minimum absolute atomic E-state index is 0.00525. The van der Waals surface area contributed by atoms with Crippen molar-refractivity contribution in [1.29, 1.82) is 0 Å². The lowest BCUT2D eigenvalue weighted by molar-refractivity contribution is -0.0222. The van der Waals surface area contributed by atoms with Gasteiger partial charge in [-0.3, -0.25) is 9.13 Å². The number of piperidine rings is 1. The molecule has 0 amide bonds.